The topological polar surface area (TPSA) is 78.9 Å². The van der Waals surface area contributed by atoms with Crippen molar-refractivity contribution in [2.24, 2.45) is 0 Å². The molecule has 356 valence electrons. The van der Waals surface area contributed by atoms with Crippen LogP contribution >= 0.6 is 0 Å². The molecule has 0 rings (SSSR count). The van der Waals surface area contributed by atoms with Gasteiger partial charge in [0.2, 0.25) is 0 Å². The maximum atomic E-state index is 12.8. The number of esters is 3. The number of rotatable bonds is 48. The fourth-order valence-electron chi connectivity index (χ4n) is 7.54. The Morgan fingerprint density at radius 1 is 0.311 bits per heavy atom. The first-order chi connectivity index (χ1) is 30.0. The molecule has 0 amide bonds. The highest BCUT2D eigenvalue weighted by Crippen LogP contribution is 2.14. The molecule has 0 aromatic carbocycles. The fourth-order valence-corrected chi connectivity index (χ4v) is 7.54. The summed E-state index contributed by atoms with van der Waals surface area (Å²) in [6, 6.07) is 0. The van der Waals surface area contributed by atoms with Gasteiger partial charge in [0, 0.05) is 19.3 Å². The minimum atomic E-state index is -0.780. The SMILES string of the molecule is CCCCCC/C=C\CCCCCCCC(=O)OC[C@H](COC(=O)CCCCCCC/C=C\CCCCCCCCC)OC(=O)CCCCCCC/C=C\CCCCCCC. The second kappa shape index (κ2) is 50.3. The van der Waals surface area contributed by atoms with Gasteiger partial charge in [-0.1, -0.05) is 198 Å². The first kappa shape index (κ1) is 58.6. The number of hydrogen-bond acceptors (Lipinski definition) is 6. The molecule has 0 aromatic heterocycles. The van der Waals surface area contributed by atoms with Gasteiger partial charge in [-0.3, -0.25) is 14.4 Å². The van der Waals surface area contributed by atoms with Gasteiger partial charge in [0.1, 0.15) is 13.2 Å². The van der Waals surface area contributed by atoms with Gasteiger partial charge in [0.15, 0.2) is 6.10 Å². The van der Waals surface area contributed by atoms with Crippen molar-refractivity contribution in [3.05, 3.63) is 36.5 Å². The van der Waals surface area contributed by atoms with E-state index in [9.17, 15) is 14.4 Å². The van der Waals surface area contributed by atoms with Crippen molar-refractivity contribution in [1.82, 2.24) is 0 Å². The van der Waals surface area contributed by atoms with E-state index in [1.165, 1.54) is 154 Å². The molecule has 0 aliphatic rings. The van der Waals surface area contributed by atoms with E-state index in [0.717, 1.165) is 83.5 Å². The summed E-state index contributed by atoms with van der Waals surface area (Å²) in [4.78, 5) is 38.0. The van der Waals surface area contributed by atoms with Crippen molar-refractivity contribution < 1.29 is 28.6 Å². The molecule has 0 unspecified atom stereocenters. The van der Waals surface area contributed by atoms with Crippen LogP contribution in [0.5, 0.6) is 0 Å². The molecule has 61 heavy (non-hydrogen) atoms. The third-order valence-electron chi connectivity index (χ3n) is 11.6. The maximum Gasteiger partial charge on any atom is 0.306 e. The van der Waals surface area contributed by atoms with Gasteiger partial charge in [0.05, 0.1) is 0 Å². The second-order valence-electron chi connectivity index (χ2n) is 17.8. The molecule has 0 radical (unpaired) electrons. The van der Waals surface area contributed by atoms with Crippen molar-refractivity contribution in [2.45, 2.75) is 284 Å². The molecule has 0 aliphatic carbocycles. The Bertz CT molecular complexity index is 1030. The number of allylic oxidation sites excluding steroid dienone is 6. The summed E-state index contributed by atoms with van der Waals surface area (Å²) in [5, 5.41) is 0. The van der Waals surface area contributed by atoms with Crippen LogP contribution in [0.1, 0.15) is 278 Å². The van der Waals surface area contributed by atoms with E-state index in [2.05, 4.69) is 57.2 Å². The summed E-state index contributed by atoms with van der Waals surface area (Å²) in [5.74, 6) is -0.897. The second-order valence-corrected chi connectivity index (χ2v) is 17.8. The van der Waals surface area contributed by atoms with Crippen LogP contribution in [-0.4, -0.2) is 37.2 Å². The Labute approximate surface area is 378 Å². The summed E-state index contributed by atoms with van der Waals surface area (Å²) < 4.78 is 16.8. The number of carbonyl (C=O) groups excluding carboxylic acids is 3. The zero-order chi connectivity index (χ0) is 44.4. The van der Waals surface area contributed by atoms with Crippen LogP contribution in [0, 0.1) is 0 Å². The van der Waals surface area contributed by atoms with E-state index in [1.54, 1.807) is 0 Å². The van der Waals surface area contributed by atoms with Crippen molar-refractivity contribution in [1.29, 1.82) is 0 Å². The van der Waals surface area contributed by atoms with Gasteiger partial charge in [-0.2, -0.15) is 0 Å². The van der Waals surface area contributed by atoms with E-state index >= 15 is 0 Å². The lowest BCUT2D eigenvalue weighted by Gasteiger charge is -2.18. The Hall–Kier alpha value is -2.37. The van der Waals surface area contributed by atoms with Crippen molar-refractivity contribution >= 4 is 17.9 Å². The van der Waals surface area contributed by atoms with Crippen LogP contribution in [0.4, 0.5) is 0 Å². The molecule has 0 fully saturated rings. The molecular weight excluding hydrogens is 757 g/mol. The molecule has 6 heteroatoms. The average molecular weight is 857 g/mol. The molecule has 1 atom stereocenters. The predicted octanol–water partition coefficient (Wildman–Crippen LogP) is 17.3. The van der Waals surface area contributed by atoms with E-state index in [-0.39, 0.29) is 31.1 Å². The number of unbranched alkanes of at least 4 members (excludes halogenated alkanes) is 31. The molecule has 0 bridgehead atoms. The smallest absolute Gasteiger partial charge is 0.306 e. The van der Waals surface area contributed by atoms with Gasteiger partial charge >= 0.3 is 17.9 Å². The Kier molecular flexibility index (Phi) is 48.3. The summed E-state index contributed by atoms with van der Waals surface area (Å²) >= 11 is 0. The highest BCUT2D eigenvalue weighted by atomic mass is 16.6. The van der Waals surface area contributed by atoms with Gasteiger partial charge in [-0.15, -0.1) is 0 Å². The zero-order valence-corrected chi connectivity index (χ0v) is 40.7. The summed E-state index contributed by atoms with van der Waals surface area (Å²) in [5.41, 5.74) is 0. The molecule has 0 saturated heterocycles. The zero-order valence-electron chi connectivity index (χ0n) is 40.7. The Morgan fingerprint density at radius 3 is 0.836 bits per heavy atom. The van der Waals surface area contributed by atoms with E-state index in [1.807, 2.05) is 0 Å². The van der Waals surface area contributed by atoms with Crippen LogP contribution in [0.15, 0.2) is 36.5 Å². The molecular formula is C55H100O6. The minimum Gasteiger partial charge on any atom is -0.462 e. The monoisotopic (exact) mass is 857 g/mol. The maximum absolute atomic E-state index is 12.8. The summed E-state index contributed by atoms with van der Waals surface area (Å²) in [6.07, 6.45) is 58.4. The third kappa shape index (κ3) is 48.5. The first-order valence-electron chi connectivity index (χ1n) is 26.5. The van der Waals surface area contributed by atoms with Crippen LogP contribution in [0.25, 0.3) is 0 Å². The van der Waals surface area contributed by atoms with Crippen molar-refractivity contribution in [3.63, 3.8) is 0 Å². The van der Waals surface area contributed by atoms with Gasteiger partial charge in [-0.25, -0.2) is 0 Å². The lowest BCUT2D eigenvalue weighted by molar-refractivity contribution is -0.167. The van der Waals surface area contributed by atoms with Gasteiger partial charge in [0.25, 0.3) is 0 Å². The molecule has 0 heterocycles. The standard InChI is InChI=1S/C55H100O6/c1-4-7-10-13-16-19-22-25-27-28-31-33-36-39-42-45-48-54(57)60-51-52(50-59-53(56)47-44-41-38-35-32-29-24-21-18-15-12-9-6-3)61-55(58)49-46-43-40-37-34-30-26-23-20-17-14-11-8-5-2/h21,23-24,26-28,52H,4-20,22,25,29-51H2,1-3H3/b24-21-,26-23-,28-27-/t52-/m1/s1. The highest BCUT2D eigenvalue weighted by molar-refractivity contribution is 5.71. The van der Waals surface area contributed by atoms with E-state index in [0.29, 0.717) is 19.3 Å². The molecule has 0 aromatic rings. The van der Waals surface area contributed by atoms with Crippen molar-refractivity contribution in [2.75, 3.05) is 13.2 Å². The molecule has 0 N–H and O–H groups in total. The lowest BCUT2D eigenvalue weighted by Crippen LogP contribution is -2.30. The molecule has 0 saturated carbocycles. The largest absolute Gasteiger partial charge is 0.462 e. The quantitative estimate of drug-likeness (QED) is 0.0262. The number of carbonyl (C=O) groups is 3. The highest BCUT2D eigenvalue weighted by Gasteiger charge is 2.19. The van der Waals surface area contributed by atoms with E-state index < -0.39 is 6.10 Å². The molecule has 0 aliphatic heterocycles. The average Bonchev–Trinajstić information content (AvgIpc) is 3.26. The van der Waals surface area contributed by atoms with Crippen LogP contribution in [0.2, 0.25) is 0 Å². The summed E-state index contributed by atoms with van der Waals surface area (Å²) in [6.45, 7) is 6.61. The minimum absolute atomic E-state index is 0.0809. The predicted molar refractivity (Wildman–Crippen MR) is 261 cm³/mol. The van der Waals surface area contributed by atoms with E-state index in [4.69, 9.17) is 14.2 Å². The Morgan fingerprint density at radius 2 is 0.541 bits per heavy atom. The molecule has 0 spiro atoms. The van der Waals surface area contributed by atoms with Crippen molar-refractivity contribution in [3.8, 4) is 0 Å². The Balaban J connectivity index is 4.39. The van der Waals surface area contributed by atoms with Crippen LogP contribution < -0.4 is 0 Å². The molecule has 6 nitrogen and oxygen atoms in total. The van der Waals surface area contributed by atoms with Crippen LogP contribution in [-0.2, 0) is 28.6 Å². The number of ether oxygens (including phenoxy) is 3. The van der Waals surface area contributed by atoms with Crippen LogP contribution in [0.3, 0.4) is 0 Å². The fraction of sp³-hybridized carbons (Fsp3) is 0.836. The number of hydrogen-bond donors (Lipinski definition) is 0. The lowest BCUT2D eigenvalue weighted by atomic mass is 10.1. The first-order valence-corrected chi connectivity index (χ1v) is 26.5. The normalized spacial score (nSPS) is 12.2. The van der Waals surface area contributed by atoms with Gasteiger partial charge < -0.3 is 14.2 Å². The third-order valence-corrected chi connectivity index (χ3v) is 11.6. The van der Waals surface area contributed by atoms with Gasteiger partial charge in [-0.05, 0) is 96.3 Å². The summed E-state index contributed by atoms with van der Waals surface area (Å²) in [7, 11) is 0.